The Morgan fingerprint density at radius 3 is 2.48 bits per heavy atom. The van der Waals surface area contributed by atoms with Crippen LogP contribution in [0.3, 0.4) is 0 Å². The molecule has 0 spiro atoms. The number of fused-ring (bicyclic) bond motifs is 1. The quantitative estimate of drug-likeness (QED) is 0.798. The first-order valence-electron chi connectivity index (χ1n) is 6.72. The van der Waals surface area contributed by atoms with Gasteiger partial charge in [0.15, 0.2) is 5.43 Å². The van der Waals surface area contributed by atoms with Crippen LogP contribution in [-0.2, 0) is 6.54 Å². The molecule has 23 heavy (non-hydrogen) atoms. The Morgan fingerprint density at radius 1 is 1.26 bits per heavy atom. The number of carboxylic acid groups (broad SMARTS) is 1. The Labute approximate surface area is 154 Å². The van der Waals surface area contributed by atoms with E-state index in [1.165, 1.54) is 6.07 Å². The molecule has 1 heterocycles. The van der Waals surface area contributed by atoms with Crippen LogP contribution in [0.2, 0.25) is 10.0 Å². The first-order valence-corrected chi connectivity index (χ1v) is 7.47. The van der Waals surface area contributed by atoms with E-state index in [0.717, 1.165) is 19.0 Å². The van der Waals surface area contributed by atoms with Crippen molar-refractivity contribution < 1.29 is 9.90 Å². The average molecular weight is 424 g/mol. The number of aromatic nitrogens is 1. The van der Waals surface area contributed by atoms with E-state index in [9.17, 15) is 14.7 Å². The molecular weight excluding hydrogens is 407 g/mol. The van der Waals surface area contributed by atoms with E-state index in [4.69, 9.17) is 23.2 Å². The Morgan fingerprint density at radius 2 is 1.91 bits per heavy atom. The molecule has 5 nitrogen and oxygen atoms in total. The van der Waals surface area contributed by atoms with Crippen LogP contribution in [0.4, 0.5) is 0 Å². The van der Waals surface area contributed by atoms with Crippen molar-refractivity contribution in [2.24, 2.45) is 0 Å². The number of aromatic carboxylic acids is 1. The van der Waals surface area contributed by atoms with Crippen LogP contribution >= 0.6 is 40.2 Å². The highest BCUT2D eigenvalue weighted by atomic mass is 79.9. The smallest absolute Gasteiger partial charge is 0.352 e. The zero-order valence-electron chi connectivity index (χ0n) is 12.7. The number of aryl methyl sites for hydroxylation is 1. The van der Waals surface area contributed by atoms with Gasteiger partial charge in [0, 0.05) is 17.6 Å². The minimum absolute atomic E-state index is 0. The number of nitrogens with zero attached hydrogens (tertiary/aromatic N) is 2. The summed E-state index contributed by atoms with van der Waals surface area (Å²) in [5.74, 6) is -1.15. The molecule has 0 fully saturated rings. The predicted molar refractivity (Wildman–Crippen MR) is 98.7 cm³/mol. The van der Waals surface area contributed by atoms with Gasteiger partial charge in [0.1, 0.15) is 5.69 Å². The van der Waals surface area contributed by atoms with E-state index in [1.807, 2.05) is 19.0 Å². The number of carboxylic acids is 1. The minimum atomic E-state index is -1.15. The topological polar surface area (TPSA) is 62.5 Å². The van der Waals surface area contributed by atoms with E-state index in [2.05, 4.69) is 0 Å². The van der Waals surface area contributed by atoms with Crippen molar-refractivity contribution in [3.8, 4) is 0 Å². The zero-order chi connectivity index (χ0) is 16.4. The number of hydrogen-bond donors (Lipinski definition) is 1. The van der Waals surface area contributed by atoms with Crippen molar-refractivity contribution in [1.29, 1.82) is 0 Å². The van der Waals surface area contributed by atoms with Gasteiger partial charge < -0.3 is 14.6 Å². The van der Waals surface area contributed by atoms with Crippen molar-refractivity contribution in [3.63, 3.8) is 0 Å². The fourth-order valence-corrected chi connectivity index (χ4v) is 2.96. The highest BCUT2D eigenvalue weighted by Crippen LogP contribution is 2.26. The third-order valence-electron chi connectivity index (χ3n) is 3.34. The Hall–Kier alpha value is -1.08. The van der Waals surface area contributed by atoms with Crippen LogP contribution < -0.4 is 5.43 Å². The summed E-state index contributed by atoms with van der Waals surface area (Å²) in [6.07, 6.45) is 0.732. The maximum absolute atomic E-state index is 12.2. The van der Waals surface area contributed by atoms with Gasteiger partial charge in [-0.05, 0) is 39.2 Å². The summed E-state index contributed by atoms with van der Waals surface area (Å²) >= 11 is 12.1. The lowest BCUT2D eigenvalue weighted by Crippen LogP contribution is -2.21. The molecule has 0 aliphatic heterocycles. The summed E-state index contributed by atoms with van der Waals surface area (Å²) in [4.78, 5) is 25.6. The second-order valence-electron chi connectivity index (χ2n) is 5.29. The second kappa shape index (κ2) is 8.15. The molecule has 0 bridgehead atoms. The van der Waals surface area contributed by atoms with Crippen LogP contribution in [-0.4, -0.2) is 41.2 Å². The molecule has 0 saturated carbocycles. The SMILES string of the molecule is Br.CN(C)CCCn1c(C(=O)O)cc(=O)c2c(Cl)cc(Cl)cc21. The third kappa shape index (κ3) is 4.47. The molecule has 0 aliphatic carbocycles. The molecule has 126 valence electrons. The number of carbonyl (C=O) groups is 1. The molecule has 0 unspecified atom stereocenters. The highest BCUT2D eigenvalue weighted by molar-refractivity contribution is 8.93. The fourth-order valence-electron chi connectivity index (χ4n) is 2.38. The van der Waals surface area contributed by atoms with Crippen molar-refractivity contribution in [2.45, 2.75) is 13.0 Å². The predicted octanol–water partition coefficient (Wildman–Crippen LogP) is 3.54. The van der Waals surface area contributed by atoms with Crippen molar-refractivity contribution in [3.05, 3.63) is 44.2 Å². The molecule has 0 aliphatic rings. The molecule has 0 atom stereocenters. The van der Waals surface area contributed by atoms with Gasteiger partial charge in [-0.15, -0.1) is 17.0 Å². The summed E-state index contributed by atoms with van der Waals surface area (Å²) in [7, 11) is 3.88. The van der Waals surface area contributed by atoms with Gasteiger partial charge in [0.05, 0.1) is 15.9 Å². The third-order valence-corrected chi connectivity index (χ3v) is 3.85. The second-order valence-corrected chi connectivity index (χ2v) is 6.13. The van der Waals surface area contributed by atoms with E-state index in [0.29, 0.717) is 22.5 Å². The number of rotatable bonds is 5. The van der Waals surface area contributed by atoms with Gasteiger partial charge in [-0.3, -0.25) is 4.79 Å². The summed E-state index contributed by atoms with van der Waals surface area (Å²) in [6, 6.07) is 4.17. The van der Waals surface area contributed by atoms with Crippen LogP contribution in [0, 0.1) is 0 Å². The van der Waals surface area contributed by atoms with E-state index < -0.39 is 11.4 Å². The van der Waals surface area contributed by atoms with Gasteiger partial charge in [-0.1, -0.05) is 23.2 Å². The van der Waals surface area contributed by atoms with Crippen molar-refractivity contribution >= 4 is 57.1 Å². The number of halogens is 3. The first kappa shape index (κ1) is 20.0. The Bertz CT molecular complexity index is 790. The molecule has 1 N–H and O–H groups in total. The zero-order valence-corrected chi connectivity index (χ0v) is 15.9. The standard InChI is InChI=1S/C15H16Cl2N2O3.BrH/c1-18(2)4-3-5-19-11-7-9(16)6-10(17)14(11)13(20)8-12(19)15(21)22;/h6-8H,3-5H2,1-2H3,(H,21,22);1H. The van der Waals surface area contributed by atoms with E-state index in [-0.39, 0.29) is 27.7 Å². The fraction of sp³-hybridized carbons (Fsp3) is 0.333. The maximum Gasteiger partial charge on any atom is 0.352 e. The largest absolute Gasteiger partial charge is 0.477 e. The lowest BCUT2D eigenvalue weighted by molar-refractivity contribution is 0.0684. The van der Waals surface area contributed by atoms with Crippen LogP contribution in [0.5, 0.6) is 0 Å². The van der Waals surface area contributed by atoms with Gasteiger partial charge in [-0.25, -0.2) is 4.79 Å². The molecule has 1 aromatic heterocycles. The van der Waals surface area contributed by atoms with Crippen molar-refractivity contribution in [2.75, 3.05) is 20.6 Å². The Kier molecular flexibility index (Phi) is 7.07. The molecule has 0 amide bonds. The van der Waals surface area contributed by atoms with Gasteiger partial charge in [0.2, 0.25) is 0 Å². The number of hydrogen-bond acceptors (Lipinski definition) is 3. The van der Waals surface area contributed by atoms with Crippen LogP contribution in [0.15, 0.2) is 23.0 Å². The van der Waals surface area contributed by atoms with Crippen LogP contribution in [0.1, 0.15) is 16.9 Å². The normalized spacial score (nSPS) is 10.8. The highest BCUT2D eigenvalue weighted by Gasteiger charge is 2.17. The van der Waals surface area contributed by atoms with Gasteiger partial charge >= 0.3 is 5.97 Å². The molecule has 2 aromatic rings. The Balaban J connectivity index is 0.00000264. The van der Waals surface area contributed by atoms with Crippen molar-refractivity contribution in [1.82, 2.24) is 9.47 Å². The molecule has 0 radical (unpaired) electrons. The monoisotopic (exact) mass is 422 g/mol. The summed E-state index contributed by atoms with van der Waals surface area (Å²) < 4.78 is 1.58. The minimum Gasteiger partial charge on any atom is -0.477 e. The van der Waals surface area contributed by atoms with E-state index in [1.54, 1.807) is 10.6 Å². The summed E-state index contributed by atoms with van der Waals surface area (Å²) in [5.41, 5.74) is -0.0336. The summed E-state index contributed by atoms with van der Waals surface area (Å²) in [6.45, 7) is 1.24. The number of benzene rings is 1. The molecule has 8 heteroatoms. The first-order chi connectivity index (χ1) is 10.3. The van der Waals surface area contributed by atoms with Gasteiger partial charge in [0.25, 0.3) is 0 Å². The lowest BCUT2D eigenvalue weighted by Gasteiger charge is -2.17. The summed E-state index contributed by atoms with van der Waals surface area (Å²) in [5, 5.41) is 10.2. The number of pyridine rings is 1. The van der Waals surface area contributed by atoms with Crippen LogP contribution in [0.25, 0.3) is 10.9 Å². The van der Waals surface area contributed by atoms with Gasteiger partial charge in [-0.2, -0.15) is 0 Å². The van der Waals surface area contributed by atoms with E-state index >= 15 is 0 Å². The maximum atomic E-state index is 12.2. The molecule has 0 saturated heterocycles. The molecular formula is C15H17BrCl2N2O3. The lowest BCUT2D eigenvalue weighted by atomic mass is 10.1. The molecule has 2 rings (SSSR count). The molecule has 1 aromatic carbocycles. The average Bonchev–Trinajstić information content (AvgIpc) is 2.39.